The second-order valence-electron chi connectivity index (χ2n) is 6.04. The van der Waals surface area contributed by atoms with E-state index in [0.717, 1.165) is 4.90 Å². The van der Waals surface area contributed by atoms with Crippen molar-refractivity contribution in [3.05, 3.63) is 10.6 Å². The van der Waals surface area contributed by atoms with Crippen LogP contribution in [0.2, 0.25) is 0 Å². The number of halogens is 2. The molecule has 0 radical (unpaired) electrons. The summed E-state index contributed by atoms with van der Waals surface area (Å²) < 4.78 is 5.21. The maximum Gasteiger partial charge on any atom is 0.330 e. The van der Waals surface area contributed by atoms with Crippen molar-refractivity contribution in [2.24, 2.45) is 17.3 Å². The lowest BCUT2D eigenvalue weighted by atomic mass is 10.1. The fourth-order valence-electron chi connectivity index (χ4n) is 2.75. The Morgan fingerprint density at radius 3 is 2.70 bits per heavy atom. The summed E-state index contributed by atoms with van der Waals surface area (Å²) in [5, 5.41) is 0. The molecule has 23 heavy (non-hydrogen) atoms. The highest BCUT2D eigenvalue weighted by molar-refractivity contribution is 6.55. The molecule has 2 unspecified atom stereocenters. The van der Waals surface area contributed by atoms with Gasteiger partial charge in [0.05, 0.1) is 12.5 Å². The minimum atomic E-state index is -0.559. The molecule has 2 fully saturated rings. The van der Waals surface area contributed by atoms with Crippen molar-refractivity contribution in [2.45, 2.75) is 13.8 Å². The van der Waals surface area contributed by atoms with Crippen LogP contribution in [0.1, 0.15) is 13.8 Å². The number of carbonyl (C=O) groups excluding carboxylic acids is 3. The van der Waals surface area contributed by atoms with E-state index in [4.69, 9.17) is 34.4 Å². The Morgan fingerprint density at radius 2 is 2.13 bits per heavy atom. The van der Waals surface area contributed by atoms with Crippen LogP contribution in [0.25, 0.3) is 0 Å². The van der Waals surface area contributed by atoms with Crippen LogP contribution in [-0.4, -0.2) is 47.5 Å². The standard InChI is InChI=1S/C15H16Cl2N2O4/c1-4-5-18-7-11(20)19(14(18)22)8-23-13(21)12-9(6-10(16)17)15(12,2)3/h1,6,9,12H,5,7-8H2,2-3H3. The minimum Gasteiger partial charge on any atom is -0.443 e. The van der Waals surface area contributed by atoms with Crippen molar-refractivity contribution >= 4 is 41.1 Å². The van der Waals surface area contributed by atoms with E-state index < -0.39 is 30.6 Å². The van der Waals surface area contributed by atoms with Crippen LogP contribution in [0.4, 0.5) is 4.79 Å². The topological polar surface area (TPSA) is 66.9 Å². The number of hydrogen-bond donors (Lipinski definition) is 0. The second-order valence-corrected chi connectivity index (χ2v) is 7.05. The average Bonchev–Trinajstić information content (AvgIpc) is 2.85. The van der Waals surface area contributed by atoms with Gasteiger partial charge in [0, 0.05) is 0 Å². The maximum atomic E-state index is 12.2. The van der Waals surface area contributed by atoms with Crippen molar-refractivity contribution in [3.63, 3.8) is 0 Å². The number of nitrogens with zero attached hydrogens (tertiary/aromatic N) is 2. The molecule has 0 aromatic rings. The van der Waals surface area contributed by atoms with Crippen molar-refractivity contribution in [2.75, 3.05) is 19.8 Å². The van der Waals surface area contributed by atoms with Crippen LogP contribution >= 0.6 is 23.2 Å². The molecule has 1 heterocycles. The average molecular weight is 359 g/mol. The van der Waals surface area contributed by atoms with E-state index >= 15 is 0 Å². The van der Waals surface area contributed by atoms with Crippen molar-refractivity contribution in [1.29, 1.82) is 0 Å². The van der Waals surface area contributed by atoms with Gasteiger partial charge < -0.3 is 9.64 Å². The summed E-state index contributed by atoms with van der Waals surface area (Å²) in [7, 11) is 0. The molecular weight excluding hydrogens is 343 g/mol. The molecule has 0 aromatic heterocycles. The van der Waals surface area contributed by atoms with Gasteiger partial charge in [-0.25, -0.2) is 9.69 Å². The number of urea groups is 1. The first-order chi connectivity index (χ1) is 10.7. The predicted octanol–water partition coefficient (Wildman–Crippen LogP) is 1.98. The molecule has 0 aromatic carbocycles. The molecule has 2 atom stereocenters. The molecule has 0 spiro atoms. The van der Waals surface area contributed by atoms with Gasteiger partial charge in [-0.2, -0.15) is 0 Å². The lowest BCUT2D eigenvalue weighted by Gasteiger charge is -2.15. The number of carbonyl (C=O) groups is 3. The third-order valence-corrected chi connectivity index (χ3v) is 4.47. The van der Waals surface area contributed by atoms with Gasteiger partial charge in [-0.1, -0.05) is 43.0 Å². The number of amides is 3. The summed E-state index contributed by atoms with van der Waals surface area (Å²) >= 11 is 11.3. The van der Waals surface area contributed by atoms with Crippen LogP contribution in [0.15, 0.2) is 10.6 Å². The largest absolute Gasteiger partial charge is 0.443 e. The summed E-state index contributed by atoms with van der Waals surface area (Å²) in [5.41, 5.74) is -0.333. The quantitative estimate of drug-likeness (QED) is 0.428. The molecular formula is C15H16Cl2N2O4. The Labute approximate surface area is 144 Å². The zero-order valence-electron chi connectivity index (χ0n) is 12.7. The van der Waals surface area contributed by atoms with Crippen LogP contribution in [0.5, 0.6) is 0 Å². The van der Waals surface area contributed by atoms with Crippen LogP contribution in [0, 0.1) is 29.6 Å². The van der Waals surface area contributed by atoms with E-state index in [2.05, 4.69) is 5.92 Å². The number of terminal acetylenes is 1. The third-order valence-electron chi connectivity index (χ3n) is 4.22. The molecule has 1 saturated heterocycles. The Kier molecular flexibility index (Phi) is 4.92. The zero-order chi connectivity index (χ0) is 17.4. The number of esters is 1. The maximum absolute atomic E-state index is 12.2. The predicted molar refractivity (Wildman–Crippen MR) is 84.2 cm³/mol. The number of imide groups is 1. The third kappa shape index (κ3) is 3.46. The highest BCUT2D eigenvalue weighted by Crippen LogP contribution is 2.60. The van der Waals surface area contributed by atoms with E-state index in [1.54, 1.807) is 6.08 Å². The number of rotatable bonds is 5. The van der Waals surface area contributed by atoms with Crippen molar-refractivity contribution < 1.29 is 19.1 Å². The number of allylic oxidation sites excluding steroid dienone is 1. The van der Waals surface area contributed by atoms with E-state index in [9.17, 15) is 14.4 Å². The van der Waals surface area contributed by atoms with E-state index in [0.29, 0.717) is 0 Å². The Morgan fingerprint density at radius 1 is 1.48 bits per heavy atom. The first-order valence-corrected chi connectivity index (χ1v) is 7.68. The van der Waals surface area contributed by atoms with Gasteiger partial charge in [0.25, 0.3) is 5.91 Å². The van der Waals surface area contributed by atoms with Gasteiger partial charge in [-0.15, -0.1) is 6.42 Å². The molecule has 124 valence electrons. The van der Waals surface area contributed by atoms with Gasteiger partial charge >= 0.3 is 12.0 Å². The highest BCUT2D eigenvalue weighted by Gasteiger charge is 2.61. The Bertz CT molecular complexity index is 619. The van der Waals surface area contributed by atoms with Crippen molar-refractivity contribution in [1.82, 2.24) is 9.80 Å². The summed E-state index contributed by atoms with van der Waals surface area (Å²) in [5.74, 6) is 0.799. The lowest BCUT2D eigenvalue weighted by Crippen LogP contribution is -2.36. The Hall–Kier alpha value is -1.71. The summed E-state index contributed by atoms with van der Waals surface area (Å²) in [6.45, 7) is 3.28. The number of hydrogen-bond acceptors (Lipinski definition) is 4. The van der Waals surface area contributed by atoms with E-state index in [1.807, 2.05) is 13.8 Å². The zero-order valence-corrected chi connectivity index (χ0v) is 14.2. The molecule has 8 heteroatoms. The van der Waals surface area contributed by atoms with E-state index in [-0.39, 0.29) is 28.9 Å². The van der Waals surface area contributed by atoms with Crippen molar-refractivity contribution in [3.8, 4) is 12.3 Å². The van der Waals surface area contributed by atoms with Gasteiger partial charge in [-0.3, -0.25) is 9.59 Å². The van der Waals surface area contributed by atoms with Gasteiger partial charge in [0.15, 0.2) is 6.73 Å². The summed E-state index contributed by atoms with van der Waals surface area (Å²) in [6, 6.07) is -0.559. The molecule has 6 nitrogen and oxygen atoms in total. The summed E-state index contributed by atoms with van der Waals surface area (Å²) in [6.07, 6.45) is 6.72. The highest BCUT2D eigenvalue weighted by atomic mass is 35.5. The smallest absolute Gasteiger partial charge is 0.330 e. The van der Waals surface area contributed by atoms with Crippen LogP contribution in [0.3, 0.4) is 0 Å². The first kappa shape index (κ1) is 17.6. The Balaban J connectivity index is 1.93. The lowest BCUT2D eigenvalue weighted by molar-refractivity contribution is -0.151. The van der Waals surface area contributed by atoms with Gasteiger partial charge in [0.2, 0.25) is 0 Å². The van der Waals surface area contributed by atoms with E-state index in [1.165, 1.54) is 4.90 Å². The molecule has 2 rings (SSSR count). The van der Waals surface area contributed by atoms with Gasteiger partial charge in [-0.05, 0) is 17.4 Å². The SMILES string of the molecule is C#CCN1CC(=O)N(COC(=O)C2C(C=C(Cl)Cl)C2(C)C)C1=O. The summed E-state index contributed by atoms with van der Waals surface area (Å²) in [4.78, 5) is 37.9. The fraction of sp³-hybridized carbons (Fsp3) is 0.533. The molecule has 2 aliphatic rings. The molecule has 1 aliphatic carbocycles. The fourth-order valence-corrected chi connectivity index (χ4v) is 3.02. The van der Waals surface area contributed by atoms with Crippen LogP contribution in [-0.2, 0) is 14.3 Å². The first-order valence-electron chi connectivity index (χ1n) is 6.92. The monoisotopic (exact) mass is 358 g/mol. The molecule has 1 saturated carbocycles. The normalized spacial score (nSPS) is 25.2. The molecule has 0 bridgehead atoms. The second kappa shape index (κ2) is 6.42. The van der Waals surface area contributed by atoms with Crippen LogP contribution < -0.4 is 0 Å². The minimum absolute atomic E-state index is 0.0335. The number of ether oxygens (including phenoxy) is 1. The molecule has 3 amide bonds. The molecule has 0 N–H and O–H groups in total. The molecule has 1 aliphatic heterocycles. The van der Waals surface area contributed by atoms with Gasteiger partial charge in [0.1, 0.15) is 11.0 Å².